The van der Waals surface area contributed by atoms with Gasteiger partial charge in [0.25, 0.3) is 5.69 Å². The second-order valence-corrected chi connectivity index (χ2v) is 7.72. The highest BCUT2D eigenvalue weighted by Crippen LogP contribution is 2.41. The van der Waals surface area contributed by atoms with Crippen LogP contribution in [-0.4, -0.2) is 32.2 Å². The number of amides is 1. The van der Waals surface area contributed by atoms with Gasteiger partial charge in [0.2, 0.25) is 5.91 Å². The molecule has 0 spiro atoms. The van der Waals surface area contributed by atoms with Gasteiger partial charge in [0, 0.05) is 17.2 Å². The molecule has 134 valence electrons. The molecule has 1 amide bonds. The van der Waals surface area contributed by atoms with E-state index in [4.69, 9.17) is 0 Å². The lowest BCUT2D eigenvalue weighted by Crippen LogP contribution is -2.52. The molecule has 0 radical (unpaired) electrons. The van der Waals surface area contributed by atoms with E-state index in [2.05, 4.69) is 11.9 Å². The van der Waals surface area contributed by atoms with E-state index >= 15 is 0 Å². The van der Waals surface area contributed by atoms with Gasteiger partial charge in [-0.15, -0.1) is 0 Å². The normalized spacial score (nSPS) is 21.8. The number of hydrogen-bond acceptors (Lipinski definition) is 5. The molecule has 3 rings (SSSR count). The van der Waals surface area contributed by atoms with Crippen LogP contribution in [0.25, 0.3) is 0 Å². The Labute approximate surface area is 151 Å². The van der Waals surface area contributed by atoms with Crippen molar-refractivity contribution < 1.29 is 9.72 Å². The summed E-state index contributed by atoms with van der Waals surface area (Å²) in [6.07, 6.45) is 6.49. The fourth-order valence-corrected chi connectivity index (χ4v) is 4.86. The first-order valence-corrected chi connectivity index (χ1v) is 9.75. The van der Waals surface area contributed by atoms with Crippen molar-refractivity contribution in [3.05, 3.63) is 33.9 Å². The van der Waals surface area contributed by atoms with E-state index in [0.717, 1.165) is 37.3 Å². The number of nitro benzene ring substituents is 1. The molecule has 7 heteroatoms. The number of rotatable bonds is 4. The molecule has 2 fully saturated rings. The molecular formula is C18H23N3O3S. The monoisotopic (exact) mass is 361 g/mol. The summed E-state index contributed by atoms with van der Waals surface area (Å²) in [5.41, 5.74) is 1.21. The number of carbonyl (C=O) groups is 1. The quantitative estimate of drug-likeness (QED) is 0.581. The molecule has 0 unspecified atom stereocenters. The first-order valence-electron chi connectivity index (χ1n) is 8.76. The van der Waals surface area contributed by atoms with Crippen molar-refractivity contribution in [2.45, 2.75) is 57.9 Å². The molecule has 1 heterocycles. The zero-order valence-corrected chi connectivity index (χ0v) is 15.5. The van der Waals surface area contributed by atoms with Crippen molar-refractivity contribution in [3.8, 4) is 0 Å². The van der Waals surface area contributed by atoms with E-state index in [9.17, 15) is 14.9 Å². The van der Waals surface area contributed by atoms with Crippen molar-refractivity contribution in [3.63, 3.8) is 0 Å². The topological polar surface area (TPSA) is 75.8 Å². The molecule has 1 saturated heterocycles. The molecule has 1 aliphatic carbocycles. The minimum absolute atomic E-state index is 0.0910. The van der Waals surface area contributed by atoms with E-state index in [1.165, 1.54) is 24.2 Å². The maximum absolute atomic E-state index is 12.6. The number of carbonyl (C=O) groups excluding carboxylic acids is 1. The zero-order chi connectivity index (χ0) is 18.0. The lowest BCUT2D eigenvalue weighted by Gasteiger charge is -2.43. The fourth-order valence-electron chi connectivity index (χ4n) is 3.88. The maximum Gasteiger partial charge on any atom is 0.272 e. The van der Waals surface area contributed by atoms with E-state index in [0.29, 0.717) is 17.0 Å². The van der Waals surface area contributed by atoms with Gasteiger partial charge in [0.1, 0.15) is 0 Å². The third-order valence-corrected chi connectivity index (χ3v) is 6.21. The van der Waals surface area contributed by atoms with Crippen molar-refractivity contribution in [2.24, 2.45) is 4.99 Å². The van der Waals surface area contributed by atoms with Gasteiger partial charge in [-0.25, -0.2) is 4.99 Å². The molecule has 1 aromatic rings. The third-order valence-electron chi connectivity index (χ3n) is 5.28. The van der Waals surface area contributed by atoms with Crippen molar-refractivity contribution in [2.75, 3.05) is 5.75 Å². The molecule has 0 atom stereocenters. The van der Waals surface area contributed by atoms with Gasteiger partial charge in [-0.1, -0.05) is 37.9 Å². The van der Waals surface area contributed by atoms with Crippen molar-refractivity contribution in [1.82, 2.24) is 4.90 Å². The van der Waals surface area contributed by atoms with Gasteiger partial charge in [-0.2, -0.15) is 0 Å². The van der Waals surface area contributed by atoms with Crippen LogP contribution in [0.4, 0.5) is 11.4 Å². The number of hydrogen-bond donors (Lipinski definition) is 0. The number of nitro groups is 1. The van der Waals surface area contributed by atoms with Crippen LogP contribution >= 0.6 is 11.8 Å². The average Bonchev–Trinajstić information content (AvgIpc) is 2.96. The Morgan fingerprint density at radius 3 is 2.64 bits per heavy atom. The van der Waals surface area contributed by atoms with Crippen LogP contribution in [0.1, 0.15) is 51.0 Å². The van der Waals surface area contributed by atoms with Crippen LogP contribution < -0.4 is 0 Å². The van der Waals surface area contributed by atoms with E-state index in [1.54, 1.807) is 19.1 Å². The van der Waals surface area contributed by atoms with Crippen LogP contribution in [0.15, 0.2) is 23.2 Å². The molecule has 25 heavy (non-hydrogen) atoms. The van der Waals surface area contributed by atoms with Gasteiger partial charge in [0.05, 0.1) is 16.4 Å². The highest BCUT2D eigenvalue weighted by atomic mass is 32.2. The molecule has 1 aromatic carbocycles. The summed E-state index contributed by atoms with van der Waals surface area (Å²) >= 11 is 1.47. The van der Waals surface area contributed by atoms with Crippen LogP contribution in [0, 0.1) is 17.0 Å². The maximum atomic E-state index is 12.6. The third kappa shape index (κ3) is 3.42. The Kier molecular flexibility index (Phi) is 5.13. The molecule has 0 aromatic heterocycles. The summed E-state index contributed by atoms with van der Waals surface area (Å²) in [4.78, 5) is 29.8. The van der Waals surface area contributed by atoms with Crippen LogP contribution in [0.3, 0.4) is 0 Å². The second kappa shape index (κ2) is 7.15. The molecule has 2 aliphatic rings. The molecule has 1 saturated carbocycles. The highest BCUT2D eigenvalue weighted by molar-refractivity contribution is 8.15. The van der Waals surface area contributed by atoms with Gasteiger partial charge in [0.15, 0.2) is 5.17 Å². The predicted octanol–water partition coefficient (Wildman–Crippen LogP) is 4.58. The summed E-state index contributed by atoms with van der Waals surface area (Å²) < 4.78 is 0. The lowest BCUT2D eigenvalue weighted by atomic mass is 9.78. The Hall–Kier alpha value is -1.89. The number of aryl methyl sites for hydroxylation is 1. The van der Waals surface area contributed by atoms with Crippen LogP contribution in [-0.2, 0) is 4.79 Å². The summed E-state index contributed by atoms with van der Waals surface area (Å²) in [7, 11) is 0. The van der Waals surface area contributed by atoms with E-state index < -0.39 is 0 Å². The smallest absolute Gasteiger partial charge is 0.272 e. The Morgan fingerprint density at radius 2 is 2.04 bits per heavy atom. The minimum Gasteiger partial charge on any atom is -0.284 e. The number of aliphatic imine (C=N–C) groups is 1. The van der Waals surface area contributed by atoms with Crippen molar-refractivity contribution in [1.29, 1.82) is 0 Å². The first kappa shape index (κ1) is 17.9. The summed E-state index contributed by atoms with van der Waals surface area (Å²) in [5, 5.41) is 11.7. The largest absolute Gasteiger partial charge is 0.284 e. The number of nitrogens with zero attached hydrogens (tertiary/aromatic N) is 3. The molecule has 0 N–H and O–H groups in total. The summed E-state index contributed by atoms with van der Waals surface area (Å²) in [6.45, 7) is 3.86. The fraction of sp³-hybridized carbons (Fsp3) is 0.556. The first-order chi connectivity index (χ1) is 12.0. The molecule has 0 bridgehead atoms. The van der Waals surface area contributed by atoms with Crippen molar-refractivity contribution >= 4 is 34.2 Å². The molecular weight excluding hydrogens is 338 g/mol. The Bertz CT molecular complexity index is 726. The van der Waals surface area contributed by atoms with Crippen LogP contribution in [0.2, 0.25) is 0 Å². The zero-order valence-electron chi connectivity index (χ0n) is 14.7. The van der Waals surface area contributed by atoms with Gasteiger partial charge in [-0.3, -0.25) is 19.8 Å². The van der Waals surface area contributed by atoms with Crippen LogP contribution in [0.5, 0.6) is 0 Å². The second-order valence-electron chi connectivity index (χ2n) is 6.78. The van der Waals surface area contributed by atoms with Gasteiger partial charge >= 0.3 is 0 Å². The minimum atomic E-state index is -0.388. The Balaban J connectivity index is 1.95. The lowest BCUT2D eigenvalue weighted by molar-refractivity contribution is -0.385. The molecule has 6 nitrogen and oxygen atoms in total. The number of benzene rings is 1. The number of thioether (sulfide) groups is 1. The predicted molar refractivity (Wildman–Crippen MR) is 100 cm³/mol. The van der Waals surface area contributed by atoms with Gasteiger partial charge in [-0.05, 0) is 38.3 Å². The molecule has 1 aliphatic heterocycles. The van der Waals surface area contributed by atoms with Gasteiger partial charge < -0.3 is 0 Å². The average molecular weight is 361 g/mol. The number of amidine groups is 1. The standard InChI is InChI=1S/C18H23N3O3S/c1-3-18(9-5-4-6-10-18)20-16(22)12-25-17(20)19-14-7-8-15(21(23)24)13(2)11-14/h7-8,11H,3-6,9-10,12H2,1-2H3. The summed E-state index contributed by atoms with van der Waals surface area (Å²) in [6, 6.07) is 4.85. The van der Waals surface area contributed by atoms with E-state index in [1.807, 2.05) is 4.90 Å². The SMILES string of the molecule is CCC1(N2C(=O)CSC2=Nc2ccc([N+](=O)[O-])c(C)c2)CCCCC1. The highest BCUT2D eigenvalue weighted by Gasteiger charge is 2.45. The van der Waals surface area contributed by atoms with E-state index in [-0.39, 0.29) is 22.1 Å². The Morgan fingerprint density at radius 1 is 1.32 bits per heavy atom. The summed E-state index contributed by atoms with van der Waals surface area (Å²) in [5.74, 6) is 0.554.